The van der Waals surface area contributed by atoms with Gasteiger partial charge in [0.05, 0.1) is 6.61 Å². The average molecular weight is 193 g/mol. The predicted molar refractivity (Wildman–Crippen MR) is 38.7 cm³/mol. The van der Waals surface area contributed by atoms with E-state index in [1.165, 1.54) is 0 Å². The first-order valence-electron chi connectivity index (χ1n) is 2.76. The molecule has 0 aromatic heterocycles. The third-order valence-corrected chi connectivity index (χ3v) is 1.28. The van der Waals surface area contributed by atoms with Gasteiger partial charge in [-0.1, -0.05) is 13.3 Å². The average Bonchev–Trinajstić information content (AvgIpc) is 1.63. The fraction of sp³-hybridized carbons (Fsp3) is 1.00. The van der Waals surface area contributed by atoms with Crippen molar-refractivity contribution in [2.45, 2.75) is 19.8 Å². The van der Waals surface area contributed by atoms with Gasteiger partial charge in [0.2, 0.25) is 0 Å². The van der Waals surface area contributed by atoms with Crippen LogP contribution in [0, 0.1) is 0 Å². The molecule has 1 radical (unpaired) electrons. The summed E-state index contributed by atoms with van der Waals surface area (Å²) in [5.74, 6) is 0. The van der Waals surface area contributed by atoms with Crippen LogP contribution in [0.1, 0.15) is 19.8 Å². The predicted octanol–water partition coefficient (Wildman–Crippen LogP) is 0.515. The van der Waals surface area contributed by atoms with Crippen molar-refractivity contribution < 1.29 is 18.9 Å². The van der Waals surface area contributed by atoms with Crippen LogP contribution in [0.25, 0.3) is 0 Å². The summed E-state index contributed by atoms with van der Waals surface area (Å²) in [6.07, 6.45) is 1.56. The van der Waals surface area contributed by atoms with Crippen molar-refractivity contribution in [1.82, 2.24) is 0 Å². The molecule has 0 saturated heterocycles. The van der Waals surface area contributed by atoms with Gasteiger partial charge in [-0.3, -0.25) is 4.52 Å². The standard InChI is InChI=1S/C4H11O4P.K/c1-2-3-4-8-9(5,6)7;/h2-4H2,1H3,(H2,5,6,7);. The molecule has 10 heavy (non-hydrogen) atoms. The summed E-state index contributed by atoms with van der Waals surface area (Å²) >= 11 is 0. The number of phosphoric acid groups is 1. The Balaban J connectivity index is 0. The molecular formula is C4H11KO4P. The van der Waals surface area contributed by atoms with Gasteiger partial charge in [0.25, 0.3) is 0 Å². The Labute approximate surface area is 103 Å². The van der Waals surface area contributed by atoms with Crippen LogP contribution in [-0.2, 0) is 9.09 Å². The molecule has 2 N–H and O–H groups in total. The number of rotatable bonds is 4. The molecule has 0 fully saturated rings. The second-order valence-corrected chi connectivity index (χ2v) is 2.92. The number of hydrogen-bond donors (Lipinski definition) is 2. The SMILES string of the molecule is CCCCOP(=O)(O)O.[K]. The topological polar surface area (TPSA) is 66.8 Å². The zero-order valence-corrected chi connectivity index (χ0v) is 10.3. The van der Waals surface area contributed by atoms with E-state index >= 15 is 0 Å². The maximum absolute atomic E-state index is 9.98. The van der Waals surface area contributed by atoms with Gasteiger partial charge in [0.15, 0.2) is 0 Å². The molecule has 0 aliphatic heterocycles. The molecule has 0 aromatic rings. The molecule has 0 aliphatic rings. The summed E-state index contributed by atoms with van der Waals surface area (Å²) in [6.45, 7) is 2.06. The summed E-state index contributed by atoms with van der Waals surface area (Å²) in [6, 6.07) is 0. The van der Waals surface area contributed by atoms with Gasteiger partial charge in [-0.2, -0.15) is 0 Å². The molecule has 4 nitrogen and oxygen atoms in total. The molecule has 0 aromatic carbocycles. The fourth-order valence-corrected chi connectivity index (χ4v) is 0.695. The summed E-state index contributed by atoms with van der Waals surface area (Å²) in [7, 11) is -4.20. The molecule has 0 bridgehead atoms. The van der Waals surface area contributed by atoms with Crippen LogP contribution in [0.5, 0.6) is 0 Å². The van der Waals surface area contributed by atoms with E-state index in [1.54, 1.807) is 0 Å². The van der Waals surface area contributed by atoms with Crippen molar-refractivity contribution in [3.05, 3.63) is 0 Å². The summed E-state index contributed by atoms with van der Waals surface area (Å²) < 4.78 is 14.1. The number of unbranched alkanes of at least 4 members (excludes halogenated alkanes) is 1. The molecule has 57 valence electrons. The van der Waals surface area contributed by atoms with Crippen LogP contribution in [0.2, 0.25) is 0 Å². The van der Waals surface area contributed by atoms with E-state index in [9.17, 15) is 4.57 Å². The minimum absolute atomic E-state index is 0. The van der Waals surface area contributed by atoms with E-state index in [1.807, 2.05) is 6.92 Å². The first-order chi connectivity index (χ1) is 4.06. The minimum Gasteiger partial charge on any atom is -0.303 e. The van der Waals surface area contributed by atoms with Crippen molar-refractivity contribution >= 4 is 59.2 Å². The molecule has 0 spiro atoms. The van der Waals surface area contributed by atoms with Crippen LogP contribution in [0.15, 0.2) is 0 Å². The van der Waals surface area contributed by atoms with E-state index < -0.39 is 7.82 Å². The number of phosphoric ester groups is 1. The second-order valence-electron chi connectivity index (χ2n) is 1.68. The molecule has 0 unspecified atom stereocenters. The molecular weight excluding hydrogens is 182 g/mol. The number of hydrogen-bond acceptors (Lipinski definition) is 2. The second kappa shape index (κ2) is 7.40. The Bertz CT molecular complexity index is 112. The monoisotopic (exact) mass is 193 g/mol. The fourth-order valence-electron chi connectivity index (χ4n) is 0.328. The molecule has 0 aliphatic carbocycles. The zero-order valence-electron chi connectivity index (χ0n) is 6.28. The van der Waals surface area contributed by atoms with E-state index in [-0.39, 0.29) is 58.0 Å². The Hall–Kier alpha value is 1.75. The minimum atomic E-state index is -4.20. The van der Waals surface area contributed by atoms with E-state index in [0.29, 0.717) is 6.42 Å². The van der Waals surface area contributed by atoms with Crippen molar-refractivity contribution in [2.24, 2.45) is 0 Å². The Morgan fingerprint density at radius 1 is 1.50 bits per heavy atom. The van der Waals surface area contributed by atoms with Crippen LogP contribution in [-0.4, -0.2) is 67.8 Å². The van der Waals surface area contributed by atoms with Crippen LogP contribution >= 0.6 is 7.82 Å². The molecule has 0 saturated carbocycles. The Morgan fingerprint density at radius 3 is 2.30 bits per heavy atom. The Morgan fingerprint density at radius 2 is 2.00 bits per heavy atom. The van der Waals surface area contributed by atoms with E-state index in [2.05, 4.69) is 4.52 Å². The van der Waals surface area contributed by atoms with Crippen LogP contribution in [0.3, 0.4) is 0 Å². The van der Waals surface area contributed by atoms with Gasteiger partial charge in [0.1, 0.15) is 0 Å². The van der Waals surface area contributed by atoms with Crippen LogP contribution < -0.4 is 0 Å². The largest absolute Gasteiger partial charge is 0.469 e. The molecule has 6 heteroatoms. The maximum atomic E-state index is 9.98. The zero-order chi connectivity index (χ0) is 7.33. The maximum Gasteiger partial charge on any atom is 0.469 e. The van der Waals surface area contributed by atoms with Gasteiger partial charge < -0.3 is 9.79 Å². The van der Waals surface area contributed by atoms with Crippen molar-refractivity contribution in [2.75, 3.05) is 6.61 Å². The van der Waals surface area contributed by atoms with Crippen molar-refractivity contribution in [3.63, 3.8) is 0 Å². The van der Waals surface area contributed by atoms with Gasteiger partial charge in [-0.25, -0.2) is 4.57 Å². The van der Waals surface area contributed by atoms with Crippen molar-refractivity contribution in [3.8, 4) is 0 Å². The third kappa shape index (κ3) is 12.4. The molecule has 0 heterocycles. The summed E-state index contributed by atoms with van der Waals surface area (Å²) in [5, 5.41) is 0. The van der Waals surface area contributed by atoms with Crippen molar-refractivity contribution in [1.29, 1.82) is 0 Å². The van der Waals surface area contributed by atoms with E-state index in [4.69, 9.17) is 9.79 Å². The summed E-state index contributed by atoms with van der Waals surface area (Å²) in [5.41, 5.74) is 0. The first kappa shape index (κ1) is 14.3. The Kier molecular flexibility index (Phi) is 10.6. The molecule has 0 atom stereocenters. The van der Waals surface area contributed by atoms with Gasteiger partial charge in [-0.15, -0.1) is 0 Å². The van der Waals surface area contributed by atoms with Gasteiger partial charge in [-0.05, 0) is 6.42 Å². The van der Waals surface area contributed by atoms with Crippen LogP contribution in [0.4, 0.5) is 0 Å². The smallest absolute Gasteiger partial charge is 0.303 e. The third-order valence-electron chi connectivity index (χ3n) is 0.757. The van der Waals surface area contributed by atoms with E-state index in [0.717, 1.165) is 6.42 Å². The normalized spacial score (nSPS) is 10.7. The molecule has 0 amide bonds. The summed E-state index contributed by atoms with van der Waals surface area (Å²) in [4.78, 5) is 16.3. The molecule has 0 rings (SSSR count). The first-order valence-corrected chi connectivity index (χ1v) is 4.29. The van der Waals surface area contributed by atoms with Gasteiger partial charge >= 0.3 is 7.82 Å². The quantitative estimate of drug-likeness (QED) is 0.388. The van der Waals surface area contributed by atoms with Gasteiger partial charge in [0, 0.05) is 51.4 Å².